The van der Waals surface area contributed by atoms with Crippen molar-refractivity contribution in [3.05, 3.63) is 70.3 Å². The van der Waals surface area contributed by atoms with Crippen molar-refractivity contribution in [3.8, 4) is 11.5 Å². The predicted octanol–water partition coefficient (Wildman–Crippen LogP) is 2.94. The minimum atomic E-state index is -0.391. The Bertz CT molecular complexity index is 1300. The molecule has 0 N–H and O–H groups in total. The Morgan fingerprint density at radius 2 is 2.11 bits per heavy atom. The lowest BCUT2D eigenvalue weighted by Gasteiger charge is -2.37. The Kier molecular flexibility index (Phi) is 6.93. The van der Waals surface area contributed by atoms with Gasteiger partial charge in [-0.1, -0.05) is 19.1 Å². The van der Waals surface area contributed by atoms with E-state index in [1.165, 1.54) is 10.6 Å². The SMILES string of the molecule is COc1ccc(CN(CC2CCCO2)C(=O)c2cnc3ccccn3c2=O)cc1OCC1(C)COC1. The number of benzene rings is 1. The molecule has 0 spiro atoms. The zero-order valence-electron chi connectivity index (χ0n) is 20.6. The molecule has 5 rings (SSSR count). The zero-order valence-corrected chi connectivity index (χ0v) is 20.6. The summed E-state index contributed by atoms with van der Waals surface area (Å²) >= 11 is 0. The van der Waals surface area contributed by atoms with Crippen LogP contribution in [0.15, 0.2) is 53.6 Å². The van der Waals surface area contributed by atoms with Crippen molar-refractivity contribution in [3.63, 3.8) is 0 Å². The standard InChI is InChI=1S/C27H31N3O6/c1-27(16-34-17-27)18-36-23-12-19(8-9-22(23)33-2)14-29(15-20-6-5-11-35-20)25(31)21-13-28-24-7-3-4-10-30(24)26(21)32/h3-4,7-10,12-13,20H,5-6,11,14-18H2,1-2H3. The van der Waals surface area contributed by atoms with Crippen molar-refractivity contribution in [1.82, 2.24) is 14.3 Å². The summed E-state index contributed by atoms with van der Waals surface area (Å²) in [5.41, 5.74) is 0.971. The zero-order chi connectivity index (χ0) is 25.1. The van der Waals surface area contributed by atoms with E-state index in [2.05, 4.69) is 11.9 Å². The molecule has 3 aromatic rings. The molecular formula is C27H31N3O6. The average Bonchev–Trinajstić information content (AvgIpc) is 3.39. The van der Waals surface area contributed by atoms with Gasteiger partial charge in [-0.3, -0.25) is 14.0 Å². The van der Waals surface area contributed by atoms with E-state index < -0.39 is 5.56 Å². The van der Waals surface area contributed by atoms with Crippen LogP contribution in [0.5, 0.6) is 11.5 Å². The third kappa shape index (κ3) is 5.08. The van der Waals surface area contributed by atoms with E-state index >= 15 is 0 Å². The van der Waals surface area contributed by atoms with E-state index in [1.54, 1.807) is 36.4 Å². The lowest BCUT2D eigenvalue weighted by Crippen LogP contribution is -2.44. The molecule has 0 saturated carbocycles. The third-order valence-electron chi connectivity index (χ3n) is 6.66. The Labute approximate surface area is 209 Å². The Morgan fingerprint density at radius 1 is 1.25 bits per heavy atom. The number of pyridine rings is 1. The maximum absolute atomic E-state index is 13.7. The molecule has 2 aliphatic heterocycles. The van der Waals surface area contributed by atoms with E-state index in [0.29, 0.717) is 50.1 Å². The van der Waals surface area contributed by atoms with Crippen molar-refractivity contribution in [2.45, 2.75) is 32.4 Å². The van der Waals surface area contributed by atoms with Crippen molar-refractivity contribution in [1.29, 1.82) is 0 Å². The number of carbonyl (C=O) groups excluding carboxylic acids is 1. The van der Waals surface area contributed by atoms with Gasteiger partial charge in [-0.05, 0) is 42.7 Å². The van der Waals surface area contributed by atoms with Gasteiger partial charge < -0.3 is 23.8 Å². The molecule has 2 aliphatic rings. The van der Waals surface area contributed by atoms with Crippen molar-refractivity contribution >= 4 is 11.6 Å². The molecule has 1 aromatic carbocycles. The first kappa shape index (κ1) is 24.3. The van der Waals surface area contributed by atoms with E-state index in [1.807, 2.05) is 18.2 Å². The Balaban J connectivity index is 1.42. The largest absolute Gasteiger partial charge is 0.493 e. The van der Waals surface area contributed by atoms with Crippen LogP contribution < -0.4 is 15.0 Å². The first-order valence-corrected chi connectivity index (χ1v) is 12.2. The van der Waals surface area contributed by atoms with Gasteiger partial charge in [0.25, 0.3) is 11.5 Å². The molecule has 2 fully saturated rings. The van der Waals surface area contributed by atoms with Crippen LogP contribution in [-0.4, -0.2) is 66.4 Å². The molecule has 0 radical (unpaired) electrons. The molecule has 36 heavy (non-hydrogen) atoms. The number of hydrogen-bond acceptors (Lipinski definition) is 7. The Hall–Kier alpha value is -3.43. The summed E-state index contributed by atoms with van der Waals surface area (Å²) in [6, 6.07) is 10.9. The number of fused-ring (bicyclic) bond motifs is 1. The van der Waals surface area contributed by atoms with Gasteiger partial charge in [-0.2, -0.15) is 0 Å². The molecular weight excluding hydrogens is 462 g/mol. The highest BCUT2D eigenvalue weighted by Crippen LogP contribution is 2.33. The van der Waals surface area contributed by atoms with E-state index in [-0.39, 0.29) is 29.5 Å². The van der Waals surface area contributed by atoms with Crippen molar-refractivity contribution < 1.29 is 23.7 Å². The molecule has 2 saturated heterocycles. The molecule has 1 amide bonds. The summed E-state index contributed by atoms with van der Waals surface area (Å²) in [4.78, 5) is 32.8. The van der Waals surface area contributed by atoms with Gasteiger partial charge in [0.2, 0.25) is 0 Å². The quantitative estimate of drug-likeness (QED) is 0.453. The second kappa shape index (κ2) is 10.3. The van der Waals surface area contributed by atoms with Gasteiger partial charge in [0.15, 0.2) is 11.5 Å². The van der Waals surface area contributed by atoms with Crippen LogP contribution in [0.4, 0.5) is 0 Å². The summed E-state index contributed by atoms with van der Waals surface area (Å²) in [5, 5.41) is 0. The van der Waals surface area contributed by atoms with Crippen LogP contribution in [0.3, 0.4) is 0 Å². The fourth-order valence-electron chi connectivity index (χ4n) is 4.54. The van der Waals surface area contributed by atoms with Crippen molar-refractivity contribution in [2.24, 2.45) is 5.41 Å². The maximum Gasteiger partial charge on any atom is 0.270 e. The third-order valence-corrected chi connectivity index (χ3v) is 6.66. The number of aromatic nitrogens is 2. The van der Waals surface area contributed by atoms with Crippen LogP contribution in [-0.2, 0) is 16.0 Å². The summed E-state index contributed by atoms with van der Waals surface area (Å²) in [5.74, 6) is 0.857. The van der Waals surface area contributed by atoms with Gasteiger partial charge in [-0.15, -0.1) is 0 Å². The highest BCUT2D eigenvalue weighted by Gasteiger charge is 2.34. The van der Waals surface area contributed by atoms with Crippen LogP contribution >= 0.6 is 0 Å². The number of nitrogens with zero attached hydrogens (tertiary/aromatic N) is 3. The van der Waals surface area contributed by atoms with Gasteiger partial charge in [0, 0.05) is 37.5 Å². The molecule has 0 aliphatic carbocycles. The number of hydrogen-bond donors (Lipinski definition) is 0. The van der Waals surface area contributed by atoms with E-state index in [0.717, 1.165) is 18.4 Å². The number of carbonyl (C=O) groups is 1. The predicted molar refractivity (Wildman–Crippen MR) is 133 cm³/mol. The Morgan fingerprint density at radius 3 is 2.83 bits per heavy atom. The topological polar surface area (TPSA) is 91.6 Å². The second-order valence-electron chi connectivity index (χ2n) is 9.80. The molecule has 9 nitrogen and oxygen atoms in total. The normalized spacial score (nSPS) is 18.6. The van der Waals surface area contributed by atoms with E-state index in [4.69, 9.17) is 18.9 Å². The summed E-state index contributed by atoms with van der Waals surface area (Å²) in [6.45, 7) is 5.29. The maximum atomic E-state index is 13.7. The van der Waals surface area contributed by atoms with Gasteiger partial charge >= 0.3 is 0 Å². The molecule has 0 bridgehead atoms. The first-order valence-electron chi connectivity index (χ1n) is 12.2. The number of amides is 1. The summed E-state index contributed by atoms with van der Waals surface area (Å²) in [7, 11) is 1.60. The minimum absolute atomic E-state index is 0.0197. The van der Waals surface area contributed by atoms with Crippen LogP contribution in [0.1, 0.15) is 35.7 Å². The fraction of sp³-hybridized carbons (Fsp3) is 0.444. The second-order valence-corrected chi connectivity index (χ2v) is 9.80. The average molecular weight is 494 g/mol. The molecule has 1 unspecified atom stereocenters. The highest BCUT2D eigenvalue weighted by molar-refractivity contribution is 5.93. The summed E-state index contributed by atoms with van der Waals surface area (Å²) < 4.78 is 24.1. The molecule has 2 aromatic heterocycles. The lowest BCUT2D eigenvalue weighted by atomic mass is 9.90. The first-order chi connectivity index (χ1) is 17.5. The highest BCUT2D eigenvalue weighted by atomic mass is 16.5. The summed E-state index contributed by atoms with van der Waals surface area (Å²) in [6.07, 6.45) is 4.74. The van der Waals surface area contributed by atoms with E-state index in [9.17, 15) is 9.59 Å². The van der Waals surface area contributed by atoms with Crippen molar-refractivity contribution in [2.75, 3.05) is 40.1 Å². The number of ether oxygens (including phenoxy) is 4. The van der Waals surface area contributed by atoms with Crippen LogP contribution in [0, 0.1) is 5.41 Å². The lowest BCUT2D eigenvalue weighted by molar-refractivity contribution is -0.120. The fourth-order valence-corrected chi connectivity index (χ4v) is 4.54. The number of methoxy groups -OCH3 is 1. The van der Waals surface area contributed by atoms with Gasteiger partial charge in [0.1, 0.15) is 11.2 Å². The van der Waals surface area contributed by atoms with Gasteiger partial charge in [0.05, 0.1) is 33.0 Å². The van der Waals surface area contributed by atoms with Crippen LogP contribution in [0.25, 0.3) is 5.65 Å². The molecule has 4 heterocycles. The monoisotopic (exact) mass is 493 g/mol. The van der Waals surface area contributed by atoms with Crippen LogP contribution in [0.2, 0.25) is 0 Å². The smallest absolute Gasteiger partial charge is 0.270 e. The number of rotatable bonds is 9. The molecule has 9 heteroatoms. The molecule has 190 valence electrons. The minimum Gasteiger partial charge on any atom is -0.493 e. The van der Waals surface area contributed by atoms with Gasteiger partial charge in [-0.25, -0.2) is 4.98 Å². The molecule has 1 atom stereocenters.